The molecule has 0 spiro atoms. The number of carbonyl (C=O) groups excluding carboxylic acids is 1. The number of nitrogens with one attached hydrogen (secondary N) is 1. The first-order valence-electron chi connectivity index (χ1n) is 11.8. The molecule has 0 bridgehead atoms. The standard InChI is InChI=1S/C29H26ClN3O4S/c1-22-11-17-27(18-12-22)38(35,36)33(26-15-13-25(30)14-16-26)20-29(34)32-31-19-24-9-5-6-10-28(24)37-21-23-7-3-2-4-8-23/h2-19H,20-21H2,1H3,(H,32,34)/b31-19-. The summed E-state index contributed by atoms with van der Waals surface area (Å²) in [5.74, 6) is -0.0198. The van der Waals surface area contributed by atoms with E-state index in [0.717, 1.165) is 15.4 Å². The highest BCUT2D eigenvalue weighted by Gasteiger charge is 2.27. The van der Waals surface area contributed by atoms with E-state index in [-0.39, 0.29) is 4.90 Å². The normalized spacial score (nSPS) is 11.3. The predicted octanol–water partition coefficient (Wildman–Crippen LogP) is 5.57. The van der Waals surface area contributed by atoms with Crippen LogP contribution in [0.2, 0.25) is 5.02 Å². The Morgan fingerprint density at radius 2 is 1.58 bits per heavy atom. The first-order valence-corrected chi connectivity index (χ1v) is 13.6. The molecule has 0 aromatic heterocycles. The number of ether oxygens (including phenoxy) is 1. The van der Waals surface area contributed by atoms with Gasteiger partial charge in [-0.3, -0.25) is 9.10 Å². The van der Waals surface area contributed by atoms with Gasteiger partial charge in [0.05, 0.1) is 16.8 Å². The van der Waals surface area contributed by atoms with Crippen molar-refractivity contribution in [2.24, 2.45) is 5.10 Å². The molecule has 4 aromatic carbocycles. The Balaban J connectivity index is 1.48. The molecule has 0 saturated carbocycles. The van der Waals surface area contributed by atoms with Crippen molar-refractivity contribution in [1.29, 1.82) is 0 Å². The summed E-state index contributed by atoms with van der Waals surface area (Å²) in [6.07, 6.45) is 1.46. The zero-order valence-electron chi connectivity index (χ0n) is 20.6. The maximum atomic E-state index is 13.5. The lowest BCUT2D eigenvalue weighted by molar-refractivity contribution is -0.119. The number of aryl methyl sites for hydroxylation is 1. The van der Waals surface area contributed by atoms with Crippen LogP contribution >= 0.6 is 11.6 Å². The molecule has 7 nitrogen and oxygen atoms in total. The third-order valence-electron chi connectivity index (χ3n) is 5.56. The molecule has 0 heterocycles. The predicted molar refractivity (Wildman–Crippen MR) is 150 cm³/mol. The fourth-order valence-corrected chi connectivity index (χ4v) is 5.10. The lowest BCUT2D eigenvalue weighted by atomic mass is 10.2. The van der Waals surface area contributed by atoms with Gasteiger partial charge >= 0.3 is 0 Å². The summed E-state index contributed by atoms with van der Waals surface area (Å²) in [6, 6.07) is 29.7. The number of halogens is 1. The molecular formula is C29H26ClN3O4S. The average Bonchev–Trinajstić information content (AvgIpc) is 2.92. The smallest absolute Gasteiger partial charge is 0.264 e. The molecule has 4 rings (SSSR count). The van der Waals surface area contributed by atoms with E-state index in [0.29, 0.717) is 28.6 Å². The molecule has 0 aliphatic heterocycles. The van der Waals surface area contributed by atoms with Crippen molar-refractivity contribution in [3.05, 3.63) is 125 Å². The van der Waals surface area contributed by atoms with Gasteiger partial charge in [-0.1, -0.05) is 71.8 Å². The highest BCUT2D eigenvalue weighted by atomic mass is 35.5. The van der Waals surface area contributed by atoms with Crippen LogP contribution in [0.5, 0.6) is 5.75 Å². The van der Waals surface area contributed by atoms with Crippen LogP contribution in [0.15, 0.2) is 113 Å². The summed E-state index contributed by atoms with van der Waals surface area (Å²) < 4.78 is 33.8. The summed E-state index contributed by atoms with van der Waals surface area (Å²) in [5, 5.41) is 4.49. The minimum Gasteiger partial charge on any atom is -0.488 e. The Hall–Kier alpha value is -4.14. The van der Waals surface area contributed by atoms with Crippen LogP contribution in [0.4, 0.5) is 5.69 Å². The summed E-state index contributed by atoms with van der Waals surface area (Å²) in [7, 11) is -4.04. The van der Waals surface area contributed by atoms with Gasteiger partial charge in [0, 0.05) is 10.6 Å². The van der Waals surface area contributed by atoms with E-state index in [1.165, 1.54) is 18.3 Å². The molecule has 1 amide bonds. The van der Waals surface area contributed by atoms with E-state index in [1.807, 2.05) is 55.5 Å². The number of anilines is 1. The van der Waals surface area contributed by atoms with Gasteiger partial charge in [-0.05, 0) is 61.0 Å². The van der Waals surface area contributed by atoms with Gasteiger partial charge in [0.2, 0.25) is 0 Å². The second kappa shape index (κ2) is 12.4. The van der Waals surface area contributed by atoms with Gasteiger partial charge in [-0.25, -0.2) is 13.8 Å². The second-order valence-corrected chi connectivity index (χ2v) is 10.7. The number of sulfonamides is 1. The number of nitrogens with zero attached hydrogens (tertiary/aromatic N) is 2. The third kappa shape index (κ3) is 7.00. The summed E-state index contributed by atoms with van der Waals surface area (Å²) in [6.45, 7) is 1.76. The number of benzene rings is 4. The van der Waals surface area contributed by atoms with Crippen LogP contribution in [-0.4, -0.2) is 27.1 Å². The average molecular weight is 548 g/mol. The fourth-order valence-electron chi connectivity index (χ4n) is 3.55. The summed E-state index contributed by atoms with van der Waals surface area (Å²) >= 11 is 5.99. The monoisotopic (exact) mass is 547 g/mol. The van der Waals surface area contributed by atoms with Crippen molar-refractivity contribution in [2.45, 2.75) is 18.4 Å². The van der Waals surface area contributed by atoms with E-state index in [4.69, 9.17) is 16.3 Å². The van der Waals surface area contributed by atoms with Gasteiger partial charge in [0.25, 0.3) is 15.9 Å². The molecule has 0 radical (unpaired) electrons. The quantitative estimate of drug-likeness (QED) is 0.207. The van der Waals surface area contributed by atoms with Crippen LogP contribution in [0.25, 0.3) is 0 Å². The molecule has 0 fully saturated rings. The summed E-state index contributed by atoms with van der Waals surface area (Å²) in [4.78, 5) is 12.9. The number of carbonyl (C=O) groups is 1. The minimum absolute atomic E-state index is 0.0684. The Labute approximate surface area is 227 Å². The van der Waals surface area contributed by atoms with Gasteiger partial charge in [0.15, 0.2) is 0 Å². The maximum absolute atomic E-state index is 13.5. The largest absolute Gasteiger partial charge is 0.488 e. The number of hydrogen-bond acceptors (Lipinski definition) is 5. The van der Waals surface area contributed by atoms with Crippen LogP contribution in [0, 0.1) is 6.92 Å². The van der Waals surface area contributed by atoms with Crippen LogP contribution in [0.1, 0.15) is 16.7 Å². The summed E-state index contributed by atoms with van der Waals surface area (Å²) in [5.41, 5.74) is 5.31. The third-order valence-corrected chi connectivity index (χ3v) is 7.60. The SMILES string of the molecule is Cc1ccc(S(=O)(=O)N(CC(=O)N/N=C\c2ccccc2OCc2ccccc2)c2ccc(Cl)cc2)cc1. The molecule has 194 valence electrons. The molecule has 0 unspecified atom stereocenters. The van der Waals surface area contributed by atoms with Gasteiger partial charge in [-0.2, -0.15) is 5.10 Å². The van der Waals surface area contributed by atoms with Crippen molar-refractivity contribution in [3.8, 4) is 5.75 Å². The molecular weight excluding hydrogens is 522 g/mol. The van der Waals surface area contributed by atoms with E-state index in [2.05, 4.69) is 10.5 Å². The van der Waals surface area contributed by atoms with Crippen molar-refractivity contribution in [1.82, 2.24) is 5.43 Å². The first kappa shape index (κ1) is 26.9. The number of hydrazone groups is 1. The number of hydrogen-bond donors (Lipinski definition) is 1. The van der Waals surface area contributed by atoms with Gasteiger partial charge < -0.3 is 4.74 Å². The maximum Gasteiger partial charge on any atom is 0.264 e. The Kier molecular flexibility index (Phi) is 8.78. The second-order valence-electron chi connectivity index (χ2n) is 8.41. The number of amides is 1. The molecule has 0 saturated heterocycles. The highest BCUT2D eigenvalue weighted by molar-refractivity contribution is 7.92. The Morgan fingerprint density at radius 3 is 2.29 bits per heavy atom. The molecule has 1 N–H and O–H groups in total. The molecule has 0 atom stereocenters. The highest BCUT2D eigenvalue weighted by Crippen LogP contribution is 2.25. The topological polar surface area (TPSA) is 88.1 Å². The van der Waals surface area contributed by atoms with E-state index in [9.17, 15) is 13.2 Å². The van der Waals surface area contributed by atoms with Crippen molar-refractivity contribution in [3.63, 3.8) is 0 Å². The van der Waals surface area contributed by atoms with Crippen LogP contribution < -0.4 is 14.5 Å². The van der Waals surface area contributed by atoms with Crippen molar-refractivity contribution >= 4 is 39.4 Å². The van der Waals surface area contributed by atoms with Crippen LogP contribution in [-0.2, 0) is 21.4 Å². The van der Waals surface area contributed by atoms with E-state index < -0.39 is 22.5 Å². The lowest BCUT2D eigenvalue weighted by Crippen LogP contribution is -2.39. The fraction of sp³-hybridized carbons (Fsp3) is 0.103. The van der Waals surface area contributed by atoms with Gasteiger partial charge in [0.1, 0.15) is 18.9 Å². The van der Waals surface area contributed by atoms with Gasteiger partial charge in [-0.15, -0.1) is 0 Å². The van der Waals surface area contributed by atoms with Crippen molar-refractivity contribution in [2.75, 3.05) is 10.8 Å². The number of rotatable bonds is 10. The van der Waals surface area contributed by atoms with Crippen LogP contribution in [0.3, 0.4) is 0 Å². The lowest BCUT2D eigenvalue weighted by Gasteiger charge is -2.23. The molecule has 4 aromatic rings. The van der Waals surface area contributed by atoms with Crippen molar-refractivity contribution < 1.29 is 17.9 Å². The molecule has 38 heavy (non-hydrogen) atoms. The Morgan fingerprint density at radius 1 is 0.921 bits per heavy atom. The van der Waals surface area contributed by atoms with E-state index >= 15 is 0 Å². The first-order chi connectivity index (χ1) is 18.3. The minimum atomic E-state index is -4.04. The molecule has 0 aliphatic carbocycles. The molecule has 0 aliphatic rings. The van der Waals surface area contributed by atoms with E-state index in [1.54, 1.807) is 42.5 Å². The zero-order chi connectivity index (χ0) is 27.0. The number of para-hydroxylation sites is 1. The zero-order valence-corrected chi connectivity index (χ0v) is 22.2. The Bertz CT molecular complexity index is 1510. The molecule has 9 heteroatoms.